The lowest BCUT2D eigenvalue weighted by Crippen LogP contribution is -2.33. The van der Waals surface area contributed by atoms with Gasteiger partial charge in [0, 0.05) is 23.9 Å². The van der Waals surface area contributed by atoms with Gasteiger partial charge in [-0.05, 0) is 70.1 Å². The summed E-state index contributed by atoms with van der Waals surface area (Å²) >= 11 is 0. The Morgan fingerprint density at radius 2 is 1.88 bits per heavy atom. The van der Waals surface area contributed by atoms with Crippen LogP contribution < -0.4 is 5.56 Å². The Hall–Kier alpha value is -1.62. The number of aromatic amines is 1. The molecular weight excluding hydrogens is 300 g/mol. The highest BCUT2D eigenvalue weighted by molar-refractivity contribution is 5.84. The molecule has 3 heterocycles. The molecule has 24 heavy (non-hydrogen) atoms. The molecule has 2 aromatic heterocycles. The average molecular weight is 328 g/mol. The summed E-state index contributed by atoms with van der Waals surface area (Å²) in [4.78, 5) is 18.1. The Labute approximate surface area is 143 Å². The maximum Gasteiger partial charge on any atom is 0.253 e. The Balaban J connectivity index is 1.75. The van der Waals surface area contributed by atoms with Gasteiger partial charge in [0.1, 0.15) is 5.65 Å². The number of aromatic nitrogens is 3. The van der Waals surface area contributed by atoms with Gasteiger partial charge in [0.05, 0.1) is 5.69 Å². The lowest BCUT2D eigenvalue weighted by atomic mass is 9.86. The highest BCUT2D eigenvalue weighted by Crippen LogP contribution is 2.35. The van der Waals surface area contributed by atoms with E-state index in [9.17, 15) is 4.79 Å². The molecule has 130 valence electrons. The fourth-order valence-corrected chi connectivity index (χ4v) is 4.63. The topological polar surface area (TPSA) is 53.9 Å². The lowest BCUT2D eigenvalue weighted by Gasteiger charge is -2.31. The van der Waals surface area contributed by atoms with E-state index in [1.807, 2.05) is 11.7 Å². The van der Waals surface area contributed by atoms with E-state index in [-0.39, 0.29) is 5.56 Å². The summed E-state index contributed by atoms with van der Waals surface area (Å²) in [7, 11) is 1.96. The summed E-state index contributed by atoms with van der Waals surface area (Å²) in [5, 5.41) is 6.13. The van der Waals surface area contributed by atoms with Gasteiger partial charge in [0.15, 0.2) is 0 Å². The fourth-order valence-electron chi connectivity index (χ4n) is 4.63. The van der Waals surface area contributed by atoms with E-state index in [1.54, 1.807) is 0 Å². The third-order valence-electron chi connectivity index (χ3n) is 5.86. The van der Waals surface area contributed by atoms with Gasteiger partial charge in [-0.3, -0.25) is 9.48 Å². The van der Waals surface area contributed by atoms with Crippen LogP contribution in [0.5, 0.6) is 0 Å². The van der Waals surface area contributed by atoms with Gasteiger partial charge in [-0.25, -0.2) is 0 Å². The first kappa shape index (κ1) is 15.9. The molecule has 4 rings (SSSR count). The number of aryl methyl sites for hydroxylation is 2. The monoisotopic (exact) mass is 328 g/mol. The van der Waals surface area contributed by atoms with Crippen LogP contribution in [0, 0.1) is 0 Å². The van der Waals surface area contributed by atoms with Crippen molar-refractivity contribution in [2.75, 3.05) is 19.6 Å². The van der Waals surface area contributed by atoms with E-state index in [0.717, 1.165) is 30.5 Å². The first-order chi connectivity index (χ1) is 11.7. The molecule has 0 bridgehead atoms. The number of H-pyrrole nitrogens is 1. The summed E-state index contributed by atoms with van der Waals surface area (Å²) in [5.41, 5.74) is 4.57. The molecule has 1 fully saturated rings. The molecule has 2 aromatic rings. The van der Waals surface area contributed by atoms with Crippen LogP contribution in [0.2, 0.25) is 0 Å². The Morgan fingerprint density at radius 3 is 2.58 bits per heavy atom. The summed E-state index contributed by atoms with van der Waals surface area (Å²) in [5.74, 6) is 0.527. The maximum absolute atomic E-state index is 12.4. The number of hydrogen-bond acceptors (Lipinski definition) is 3. The summed E-state index contributed by atoms with van der Waals surface area (Å²) in [6, 6.07) is 0. The molecule has 0 radical (unpaired) electrons. The zero-order valence-corrected chi connectivity index (χ0v) is 14.9. The SMILES string of the molecule is CCCN1CCC(c2nn(C)c3[nH]c(=O)c4c(c23)CCCC4)CC1. The zero-order chi connectivity index (χ0) is 16.7. The molecule has 0 unspecified atom stereocenters. The average Bonchev–Trinajstić information content (AvgIpc) is 2.93. The van der Waals surface area contributed by atoms with E-state index < -0.39 is 0 Å². The number of likely N-dealkylation sites (tertiary alicyclic amines) is 1. The highest BCUT2D eigenvalue weighted by Gasteiger charge is 2.28. The van der Waals surface area contributed by atoms with Crippen LogP contribution >= 0.6 is 0 Å². The van der Waals surface area contributed by atoms with Crippen LogP contribution in [-0.4, -0.2) is 39.3 Å². The molecule has 1 saturated heterocycles. The largest absolute Gasteiger partial charge is 0.307 e. The molecule has 0 aromatic carbocycles. The summed E-state index contributed by atoms with van der Waals surface area (Å²) < 4.78 is 1.89. The van der Waals surface area contributed by atoms with E-state index in [1.165, 1.54) is 62.0 Å². The molecular formula is C19H28N4O. The van der Waals surface area contributed by atoms with Crippen LogP contribution in [0.25, 0.3) is 11.0 Å². The van der Waals surface area contributed by atoms with Crippen molar-refractivity contribution in [3.05, 3.63) is 27.2 Å². The van der Waals surface area contributed by atoms with Crippen molar-refractivity contribution in [1.82, 2.24) is 19.7 Å². The van der Waals surface area contributed by atoms with Crippen molar-refractivity contribution in [3.8, 4) is 0 Å². The van der Waals surface area contributed by atoms with Gasteiger partial charge in [0.25, 0.3) is 5.56 Å². The minimum atomic E-state index is 0.101. The van der Waals surface area contributed by atoms with Gasteiger partial charge in [0.2, 0.25) is 0 Å². The van der Waals surface area contributed by atoms with Crippen LogP contribution in [0.4, 0.5) is 0 Å². The second kappa shape index (κ2) is 6.36. The minimum absolute atomic E-state index is 0.101. The van der Waals surface area contributed by atoms with Gasteiger partial charge in [-0.1, -0.05) is 6.92 Å². The third kappa shape index (κ3) is 2.59. The predicted molar refractivity (Wildman–Crippen MR) is 96.7 cm³/mol. The molecule has 2 aliphatic rings. The van der Waals surface area contributed by atoms with E-state index in [2.05, 4.69) is 16.8 Å². The number of pyridine rings is 1. The summed E-state index contributed by atoms with van der Waals surface area (Å²) in [6.07, 6.45) is 7.86. The Kier molecular flexibility index (Phi) is 4.21. The van der Waals surface area contributed by atoms with E-state index in [4.69, 9.17) is 5.10 Å². The molecule has 5 heteroatoms. The van der Waals surface area contributed by atoms with Crippen LogP contribution in [0.15, 0.2) is 4.79 Å². The first-order valence-electron chi connectivity index (χ1n) is 9.52. The second-order valence-electron chi connectivity index (χ2n) is 7.47. The van der Waals surface area contributed by atoms with E-state index >= 15 is 0 Å². The molecule has 0 spiro atoms. The quantitative estimate of drug-likeness (QED) is 0.942. The summed E-state index contributed by atoms with van der Waals surface area (Å²) in [6.45, 7) is 5.80. The number of nitrogens with zero attached hydrogens (tertiary/aromatic N) is 3. The number of hydrogen-bond donors (Lipinski definition) is 1. The van der Waals surface area contributed by atoms with E-state index in [0.29, 0.717) is 5.92 Å². The zero-order valence-electron chi connectivity index (χ0n) is 14.9. The molecule has 0 saturated carbocycles. The standard InChI is InChI=1S/C19H28N4O/c1-3-10-23-11-8-13(9-12-23)17-16-14-6-4-5-7-15(14)19(24)20-18(16)22(2)21-17/h13H,3-12H2,1-2H3,(H,20,24). The predicted octanol–water partition coefficient (Wildman–Crippen LogP) is 2.73. The molecule has 1 N–H and O–H groups in total. The van der Waals surface area contributed by atoms with Gasteiger partial charge in [-0.2, -0.15) is 5.10 Å². The number of fused-ring (bicyclic) bond motifs is 3. The third-order valence-corrected chi connectivity index (χ3v) is 5.86. The molecule has 0 amide bonds. The minimum Gasteiger partial charge on any atom is -0.307 e. The normalized spacial score (nSPS) is 19.8. The van der Waals surface area contributed by atoms with Crippen molar-refractivity contribution in [2.45, 2.75) is 57.8 Å². The van der Waals surface area contributed by atoms with Gasteiger partial charge in [-0.15, -0.1) is 0 Å². The maximum atomic E-state index is 12.4. The van der Waals surface area contributed by atoms with Crippen molar-refractivity contribution >= 4 is 11.0 Å². The Bertz CT molecular complexity index is 796. The lowest BCUT2D eigenvalue weighted by molar-refractivity contribution is 0.211. The first-order valence-corrected chi connectivity index (χ1v) is 9.52. The molecule has 0 atom stereocenters. The van der Waals surface area contributed by atoms with Crippen molar-refractivity contribution < 1.29 is 0 Å². The highest BCUT2D eigenvalue weighted by atomic mass is 16.1. The van der Waals surface area contributed by atoms with Crippen molar-refractivity contribution in [2.24, 2.45) is 7.05 Å². The van der Waals surface area contributed by atoms with Gasteiger partial charge >= 0.3 is 0 Å². The van der Waals surface area contributed by atoms with Crippen LogP contribution in [0.1, 0.15) is 61.8 Å². The van der Waals surface area contributed by atoms with Crippen LogP contribution in [0.3, 0.4) is 0 Å². The smallest absolute Gasteiger partial charge is 0.253 e. The van der Waals surface area contributed by atoms with Gasteiger partial charge < -0.3 is 9.88 Å². The van der Waals surface area contributed by atoms with Crippen LogP contribution in [-0.2, 0) is 19.9 Å². The number of piperidine rings is 1. The fraction of sp³-hybridized carbons (Fsp3) is 0.684. The molecule has 1 aliphatic carbocycles. The molecule has 5 nitrogen and oxygen atoms in total. The van der Waals surface area contributed by atoms with Crippen molar-refractivity contribution in [3.63, 3.8) is 0 Å². The number of rotatable bonds is 3. The number of nitrogens with one attached hydrogen (secondary N) is 1. The molecule has 1 aliphatic heterocycles. The van der Waals surface area contributed by atoms with Crippen molar-refractivity contribution in [1.29, 1.82) is 0 Å². The Morgan fingerprint density at radius 1 is 1.17 bits per heavy atom. The second-order valence-corrected chi connectivity index (χ2v) is 7.47.